The van der Waals surface area contributed by atoms with Gasteiger partial charge in [-0.15, -0.1) is 0 Å². The van der Waals surface area contributed by atoms with Crippen LogP contribution in [0, 0.1) is 5.92 Å². The molecule has 0 aliphatic heterocycles. The fourth-order valence-electron chi connectivity index (χ4n) is 0.258. The van der Waals surface area contributed by atoms with Crippen LogP contribution in [0.15, 0.2) is 0 Å². The van der Waals surface area contributed by atoms with Gasteiger partial charge >= 0.3 is 0 Å². The van der Waals surface area contributed by atoms with Gasteiger partial charge in [0.25, 0.3) is 0 Å². The molecule has 0 heterocycles. The highest BCUT2D eigenvalue weighted by Gasteiger charge is 1.79. The monoisotopic (exact) mass is 146 g/mol. The van der Waals surface area contributed by atoms with Crippen LogP contribution in [0.25, 0.3) is 0 Å². The highest BCUT2D eigenvalue weighted by molar-refractivity contribution is 4.38. The molecule has 0 rings (SSSR count). The average Bonchev–Trinajstić information content (AvgIpc) is 1.62. The summed E-state index contributed by atoms with van der Waals surface area (Å²) in [4.78, 5) is 2.06. The molecule has 0 aromatic carbocycles. The minimum atomic E-state index is 0.757. The van der Waals surface area contributed by atoms with Gasteiger partial charge in [0.15, 0.2) is 0 Å². The lowest BCUT2D eigenvalue weighted by molar-refractivity contribution is 0.420. The van der Waals surface area contributed by atoms with E-state index in [9.17, 15) is 0 Å². The Hall–Kier alpha value is -0.0800. The fraction of sp³-hybridized carbons (Fsp3) is 1.00. The molecule has 0 amide bonds. The van der Waals surface area contributed by atoms with E-state index in [1.165, 1.54) is 0 Å². The number of hydrogen-bond donors (Lipinski definition) is 1. The number of nitrogens with zero attached hydrogens (tertiary/aromatic N) is 1. The first-order valence-corrected chi connectivity index (χ1v) is 3.85. The van der Waals surface area contributed by atoms with Crippen molar-refractivity contribution in [3.8, 4) is 0 Å². The Labute approximate surface area is 65.4 Å². The molecule has 0 aliphatic rings. The van der Waals surface area contributed by atoms with Crippen molar-refractivity contribution in [2.24, 2.45) is 11.7 Å². The highest BCUT2D eigenvalue weighted by Crippen LogP contribution is 1.81. The van der Waals surface area contributed by atoms with Gasteiger partial charge in [-0.1, -0.05) is 20.8 Å². The molecule has 0 radical (unpaired) electrons. The van der Waals surface area contributed by atoms with Crippen LogP contribution in [-0.2, 0) is 0 Å². The van der Waals surface area contributed by atoms with Crippen molar-refractivity contribution < 1.29 is 0 Å². The molecule has 0 unspecified atom stereocenters. The molecule has 64 valence electrons. The standard InChI is InChI=1S/C4H12N2.C4H10/c1-6(2)4-3-5;1-4(2)3/h3-5H2,1-2H3;4H,1-3H3. The number of nitrogens with two attached hydrogens (primary N) is 1. The lowest BCUT2D eigenvalue weighted by Crippen LogP contribution is -2.20. The van der Waals surface area contributed by atoms with E-state index in [0.717, 1.165) is 19.0 Å². The minimum Gasteiger partial charge on any atom is -0.329 e. The van der Waals surface area contributed by atoms with Crippen LogP contribution in [0.3, 0.4) is 0 Å². The zero-order chi connectivity index (χ0) is 8.57. The first-order chi connectivity index (χ1) is 4.50. The second-order valence-corrected chi connectivity index (χ2v) is 3.32. The molecule has 0 aromatic rings. The summed E-state index contributed by atoms with van der Waals surface area (Å²) >= 11 is 0. The Morgan fingerprint density at radius 2 is 1.50 bits per heavy atom. The second kappa shape index (κ2) is 8.92. The van der Waals surface area contributed by atoms with Crippen LogP contribution in [-0.4, -0.2) is 32.1 Å². The third kappa shape index (κ3) is 44.5. The Balaban J connectivity index is 0. The largest absolute Gasteiger partial charge is 0.329 e. The highest BCUT2D eigenvalue weighted by atomic mass is 15.1. The number of hydrogen-bond acceptors (Lipinski definition) is 2. The smallest absolute Gasteiger partial charge is 0.00985 e. The van der Waals surface area contributed by atoms with E-state index in [1.54, 1.807) is 0 Å². The topological polar surface area (TPSA) is 29.3 Å². The van der Waals surface area contributed by atoms with Crippen LogP contribution in [0.2, 0.25) is 0 Å². The van der Waals surface area contributed by atoms with E-state index < -0.39 is 0 Å². The first-order valence-electron chi connectivity index (χ1n) is 3.85. The summed E-state index contributed by atoms with van der Waals surface area (Å²) in [6.45, 7) is 8.24. The predicted molar refractivity (Wildman–Crippen MR) is 48.1 cm³/mol. The van der Waals surface area contributed by atoms with Crippen LogP contribution in [0.4, 0.5) is 0 Å². The summed E-state index contributed by atoms with van der Waals surface area (Å²) in [6.07, 6.45) is 0. The van der Waals surface area contributed by atoms with Crippen LogP contribution in [0.1, 0.15) is 20.8 Å². The Bertz CT molecular complexity index is 48.5. The number of likely N-dealkylation sites (N-methyl/N-ethyl adjacent to an activating group) is 1. The molecule has 0 fully saturated rings. The quantitative estimate of drug-likeness (QED) is 0.633. The third-order valence-corrected chi connectivity index (χ3v) is 0.576. The number of rotatable bonds is 2. The van der Waals surface area contributed by atoms with E-state index in [-0.39, 0.29) is 0 Å². The van der Waals surface area contributed by atoms with Crippen molar-refractivity contribution in [3.63, 3.8) is 0 Å². The predicted octanol–water partition coefficient (Wildman–Crippen LogP) is 1.17. The van der Waals surface area contributed by atoms with Crippen molar-refractivity contribution in [1.82, 2.24) is 4.90 Å². The first kappa shape index (κ1) is 12.6. The molecule has 0 atom stereocenters. The van der Waals surface area contributed by atoms with Crippen molar-refractivity contribution in [3.05, 3.63) is 0 Å². The van der Waals surface area contributed by atoms with E-state index in [0.29, 0.717) is 0 Å². The van der Waals surface area contributed by atoms with Crippen molar-refractivity contribution >= 4 is 0 Å². The molecular formula is C8H22N2. The Morgan fingerprint density at radius 3 is 1.50 bits per heavy atom. The van der Waals surface area contributed by atoms with Crippen molar-refractivity contribution in [1.29, 1.82) is 0 Å². The third-order valence-electron chi connectivity index (χ3n) is 0.576. The summed E-state index contributed by atoms with van der Waals surface area (Å²) in [5, 5.41) is 0. The van der Waals surface area contributed by atoms with Gasteiger partial charge in [0, 0.05) is 13.1 Å². The maximum absolute atomic E-state index is 5.19. The zero-order valence-corrected chi connectivity index (χ0v) is 8.02. The van der Waals surface area contributed by atoms with E-state index in [2.05, 4.69) is 25.7 Å². The zero-order valence-electron chi connectivity index (χ0n) is 8.02. The maximum atomic E-state index is 5.19. The normalized spacial score (nSPS) is 9.60. The van der Waals surface area contributed by atoms with E-state index in [4.69, 9.17) is 5.73 Å². The fourth-order valence-corrected chi connectivity index (χ4v) is 0.258. The molecule has 0 aromatic heterocycles. The minimum absolute atomic E-state index is 0.757. The van der Waals surface area contributed by atoms with Gasteiger partial charge in [-0.2, -0.15) is 0 Å². The summed E-state index contributed by atoms with van der Waals surface area (Å²) in [6, 6.07) is 0. The van der Waals surface area contributed by atoms with Gasteiger partial charge in [-0.3, -0.25) is 0 Å². The lowest BCUT2D eigenvalue weighted by atomic mass is 10.3. The van der Waals surface area contributed by atoms with Gasteiger partial charge in [0.2, 0.25) is 0 Å². The van der Waals surface area contributed by atoms with E-state index >= 15 is 0 Å². The molecule has 0 saturated carbocycles. The Morgan fingerprint density at radius 1 is 1.20 bits per heavy atom. The molecule has 0 saturated heterocycles. The summed E-state index contributed by atoms with van der Waals surface area (Å²) in [5.41, 5.74) is 5.19. The van der Waals surface area contributed by atoms with Crippen molar-refractivity contribution in [2.75, 3.05) is 27.2 Å². The SMILES string of the molecule is CC(C)C.CN(C)CCN. The van der Waals surface area contributed by atoms with Gasteiger partial charge in [0.05, 0.1) is 0 Å². The molecule has 10 heavy (non-hydrogen) atoms. The molecule has 0 spiro atoms. The van der Waals surface area contributed by atoms with Gasteiger partial charge in [-0.25, -0.2) is 0 Å². The van der Waals surface area contributed by atoms with Crippen LogP contribution >= 0.6 is 0 Å². The lowest BCUT2D eigenvalue weighted by Gasteiger charge is -2.03. The Kier molecular flexibility index (Phi) is 11.2. The van der Waals surface area contributed by atoms with Crippen LogP contribution < -0.4 is 5.73 Å². The second-order valence-electron chi connectivity index (χ2n) is 3.32. The molecular weight excluding hydrogens is 124 g/mol. The average molecular weight is 146 g/mol. The van der Waals surface area contributed by atoms with E-state index in [1.807, 2.05) is 14.1 Å². The summed E-state index contributed by atoms with van der Waals surface area (Å²) in [5.74, 6) is 0.833. The van der Waals surface area contributed by atoms with Gasteiger partial charge < -0.3 is 10.6 Å². The maximum Gasteiger partial charge on any atom is 0.00985 e. The molecule has 2 N–H and O–H groups in total. The van der Waals surface area contributed by atoms with Gasteiger partial charge in [-0.05, 0) is 20.0 Å². The molecule has 2 nitrogen and oxygen atoms in total. The molecule has 2 heteroatoms. The van der Waals surface area contributed by atoms with Gasteiger partial charge in [0.1, 0.15) is 0 Å². The molecule has 0 bridgehead atoms. The van der Waals surface area contributed by atoms with Crippen LogP contribution in [0.5, 0.6) is 0 Å². The summed E-state index contributed by atoms with van der Waals surface area (Å²) < 4.78 is 0. The molecule has 0 aliphatic carbocycles. The summed E-state index contributed by atoms with van der Waals surface area (Å²) in [7, 11) is 4.01. The van der Waals surface area contributed by atoms with Crippen molar-refractivity contribution in [2.45, 2.75) is 20.8 Å².